The van der Waals surface area contributed by atoms with Gasteiger partial charge in [0.25, 0.3) is 0 Å². The fourth-order valence-electron chi connectivity index (χ4n) is 4.35. The van der Waals surface area contributed by atoms with Crippen LogP contribution in [0.4, 0.5) is 0 Å². The molecule has 0 amide bonds. The monoisotopic (exact) mass is 296 g/mol. The summed E-state index contributed by atoms with van der Waals surface area (Å²) in [5.41, 5.74) is 0. The number of hydrogen-bond acceptors (Lipinski definition) is 3. The van der Waals surface area contributed by atoms with Crippen LogP contribution in [0.2, 0.25) is 0 Å². The first-order valence-corrected chi connectivity index (χ1v) is 9.34. The van der Waals surface area contributed by atoms with Crippen LogP contribution in [0.25, 0.3) is 0 Å². The molecule has 0 aromatic carbocycles. The fraction of sp³-hybridized carbons (Fsp3) is 1.00. The molecule has 124 valence electrons. The maximum Gasteiger partial charge on any atom is 0.0702 e. The summed E-state index contributed by atoms with van der Waals surface area (Å²) < 4.78 is 5.86. The van der Waals surface area contributed by atoms with Crippen LogP contribution < -0.4 is 5.32 Å². The smallest absolute Gasteiger partial charge is 0.0702 e. The van der Waals surface area contributed by atoms with Gasteiger partial charge in [-0.15, -0.1) is 0 Å². The van der Waals surface area contributed by atoms with Crippen molar-refractivity contribution in [2.45, 2.75) is 71.4 Å². The molecule has 4 atom stereocenters. The second-order valence-corrected chi connectivity index (χ2v) is 6.99. The summed E-state index contributed by atoms with van der Waals surface area (Å²) in [5.74, 6) is 1.79. The highest BCUT2D eigenvalue weighted by Crippen LogP contribution is 2.32. The van der Waals surface area contributed by atoms with Gasteiger partial charge in [0.1, 0.15) is 0 Å². The Morgan fingerprint density at radius 1 is 1.14 bits per heavy atom. The van der Waals surface area contributed by atoms with Gasteiger partial charge in [-0.1, -0.05) is 20.3 Å². The van der Waals surface area contributed by atoms with Crippen molar-refractivity contribution in [2.75, 3.05) is 32.8 Å². The van der Waals surface area contributed by atoms with Crippen LogP contribution in [-0.2, 0) is 4.74 Å². The van der Waals surface area contributed by atoms with Crippen LogP contribution >= 0.6 is 0 Å². The molecule has 1 saturated carbocycles. The lowest BCUT2D eigenvalue weighted by molar-refractivity contribution is -0.00314. The van der Waals surface area contributed by atoms with E-state index in [1.165, 1.54) is 51.6 Å². The first-order chi connectivity index (χ1) is 10.3. The quantitative estimate of drug-likeness (QED) is 0.780. The first-order valence-electron chi connectivity index (χ1n) is 9.34. The van der Waals surface area contributed by atoms with Crippen molar-refractivity contribution >= 4 is 0 Å². The molecule has 4 unspecified atom stereocenters. The maximum absolute atomic E-state index is 5.86. The molecule has 1 heterocycles. The Morgan fingerprint density at radius 3 is 2.71 bits per heavy atom. The minimum Gasteiger partial charge on any atom is -0.377 e. The second kappa shape index (κ2) is 9.12. The second-order valence-electron chi connectivity index (χ2n) is 6.99. The van der Waals surface area contributed by atoms with E-state index in [2.05, 4.69) is 31.0 Å². The molecule has 1 N–H and O–H groups in total. The lowest BCUT2D eigenvalue weighted by Gasteiger charge is -2.41. The number of likely N-dealkylation sites (tertiary alicyclic amines) is 1. The molecule has 0 radical (unpaired) electrons. The number of nitrogens with one attached hydrogen (secondary N) is 1. The van der Waals surface area contributed by atoms with Crippen molar-refractivity contribution < 1.29 is 4.74 Å². The Balaban J connectivity index is 1.87. The molecular formula is C18H36N2O. The third-order valence-corrected chi connectivity index (χ3v) is 5.49. The van der Waals surface area contributed by atoms with Crippen molar-refractivity contribution in [3.05, 3.63) is 0 Å². The predicted octanol–water partition coefficient (Wildman–Crippen LogP) is 3.29. The molecule has 1 aliphatic heterocycles. The molecule has 2 aliphatic rings. The maximum atomic E-state index is 5.86. The Labute approximate surface area is 131 Å². The summed E-state index contributed by atoms with van der Waals surface area (Å²) in [7, 11) is 0. The highest BCUT2D eigenvalue weighted by molar-refractivity contribution is 4.87. The lowest BCUT2D eigenvalue weighted by atomic mass is 9.76. The van der Waals surface area contributed by atoms with Crippen molar-refractivity contribution in [1.82, 2.24) is 10.2 Å². The highest BCUT2D eigenvalue weighted by atomic mass is 16.5. The lowest BCUT2D eigenvalue weighted by Crippen LogP contribution is -2.49. The summed E-state index contributed by atoms with van der Waals surface area (Å²) in [6.07, 6.45) is 8.61. The van der Waals surface area contributed by atoms with E-state index in [1.807, 2.05) is 0 Å². The van der Waals surface area contributed by atoms with E-state index in [9.17, 15) is 0 Å². The summed E-state index contributed by atoms with van der Waals surface area (Å²) in [4.78, 5) is 2.68. The van der Waals surface area contributed by atoms with E-state index in [1.54, 1.807) is 0 Å². The zero-order chi connectivity index (χ0) is 15.1. The van der Waals surface area contributed by atoms with Gasteiger partial charge in [-0.2, -0.15) is 0 Å². The van der Waals surface area contributed by atoms with E-state index >= 15 is 0 Å². The minimum atomic E-state index is 0.479. The van der Waals surface area contributed by atoms with Gasteiger partial charge in [0, 0.05) is 25.7 Å². The SMILES string of the molecule is CCNC1CCC(CC)CC1CN1CCCC(OCC)C1. The summed E-state index contributed by atoms with van der Waals surface area (Å²) in [6, 6.07) is 0.741. The number of rotatable bonds is 7. The number of hydrogen-bond donors (Lipinski definition) is 1. The van der Waals surface area contributed by atoms with E-state index in [-0.39, 0.29) is 0 Å². The van der Waals surface area contributed by atoms with E-state index in [0.717, 1.165) is 37.6 Å². The molecule has 3 heteroatoms. The molecule has 21 heavy (non-hydrogen) atoms. The predicted molar refractivity (Wildman–Crippen MR) is 89.7 cm³/mol. The van der Waals surface area contributed by atoms with Gasteiger partial charge in [-0.05, 0) is 64.0 Å². The standard InChI is InChI=1S/C18H36N2O/c1-4-15-9-10-18(19-5-2)16(12-15)13-20-11-7-8-17(14-20)21-6-3/h15-19H,4-14H2,1-3H3. The molecule has 1 aliphatic carbocycles. The van der Waals surface area contributed by atoms with Crippen LogP contribution in [0.3, 0.4) is 0 Å². The van der Waals surface area contributed by atoms with Gasteiger partial charge >= 0.3 is 0 Å². The van der Waals surface area contributed by atoms with Crippen molar-refractivity contribution in [3.63, 3.8) is 0 Å². The summed E-state index contributed by atoms with van der Waals surface area (Å²) in [6.45, 7) is 12.4. The van der Waals surface area contributed by atoms with Gasteiger partial charge in [0.15, 0.2) is 0 Å². The van der Waals surface area contributed by atoms with E-state index in [4.69, 9.17) is 4.74 Å². The van der Waals surface area contributed by atoms with Gasteiger partial charge in [0.05, 0.1) is 6.10 Å². The van der Waals surface area contributed by atoms with E-state index in [0.29, 0.717) is 6.10 Å². The third kappa shape index (κ3) is 5.22. The summed E-state index contributed by atoms with van der Waals surface area (Å²) >= 11 is 0. The average Bonchev–Trinajstić information content (AvgIpc) is 2.50. The molecule has 0 aromatic heterocycles. The zero-order valence-electron chi connectivity index (χ0n) is 14.4. The van der Waals surface area contributed by atoms with Crippen LogP contribution in [-0.4, -0.2) is 49.8 Å². The van der Waals surface area contributed by atoms with Crippen LogP contribution in [0.1, 0.15) is 59.3 Å². The molecule has 0 spiro atoms. The normalized spacial score (nSPS) is 35.0. The number of ether oxygens (including phenoxy) is 1. The fourth-order valence-corrected chi connectivity index (χ4v) is 4.35. The summed E-state index contributed by atoms with van der Waals surface area (Å²) in [5, 5.41) is 3.75. The van der Waals surface area contributed by atoms with Gasteiger partial charge in [-0.3, -0.25) is 0 Å². The number of nitrogens with zero attached hydrogens (tertiary/aromatic N) is 1. The first kappa shape index (κ1) is 17.2. The van der Waals surface area contributed by atoms with Gasteiger partial charge in [0.2, 0.25) is 0 Å². The molecule has 2 rings (SSSR count). The van der Waals surface area contributed by atoms with Crippen LogP contribution in [0.5, 0.6) is 0 Å². The molecule has 0 bridgehead atoms. The Hall–Kier alpha value is -0.120. The van der Waals surface area contributed by atoms with Crippen molar-refractivity contribution in [1.29, 1.82) is 0 Å². The topological polar surface area (TPSA) is 24.5 Å². The molecule has 1 saturated heterocycles. The molecule has 3 nitrogen and oxygen atoms in total. The van der Waals surface area contributed by atoms with Crippen LogP contribution in [0.15, 0.2) is 0 Å². The zero-order valence-corrected chi connectivity index (χ0v) is 14.4. The molecule has 0 aromatic rings. The van der Waals surface area contributed by atoms with Crippen molar-refractivity contribution in [3.8, 4) is 0 Å². The third-order valence-electron chi connectivity index (χ3n) is 5.49. The van der Waals surface area contributed by atoms with Gasteiger partial charge < -0.3 is 15.0 Å². The van der Waals surface area contributed by atoms with Crippen LogP contribution in [0, 0.1) is 11.8 Å². The Morgan fingerprint density at radius 2 is 2.00 bits per heavy atom. The van der Waals surface area contributed by atoms with Crippen molar-refractivity contribution in [2.24, 2.45) is 11.8 Å². The largest absolute Gasteiger partial charge is 0.377 e. The van der Waals surface area contributed by atoms with Gasteiger partial charge in [-0.25, -0.2) is 0 Å². The number of piperidine rings is 1. The molecule has 2 fully saturated rings. The average molecular weight is 296 g/mol. The Bertz CT molecular complexity index is 282. The minimum absolute atomic E-state index is 0.479. The molecular weight excluding hydrogens is 260 g/mol. The van der Waals surface area contributed by atoms with E-state index < -0.39 is 0 Å². The highest BCUT2D eigenvalue weighted by Gasteiger charge is 2.31. The Kier molecular flexibility index (Phi) is 7.48.